The van der Waals surface area contributed by atoms with Crippen LogP contribution in [0.4, 0.5) is 0 Å². The first-order valence-corrected chi connectivity index (χ1v) is 7.98. The number of benzene rings is 3. The van der Waals surface area contributed by atoms with E-state index in [9.17, 15) is 9.90 Å². The second-order valence-corrected chi connectivity index (χ2v) is 7.22. The van der Waals surface area contributed by atoms with Crippen molar-refractivity contribution in [2.45, 2.75) is 26.2 Å². The molecule has 3 nitrogen and oxygen atoms in total. The molecule has 0 saturated heterocycles. The summed E-state index contributed by atoms with van der Waals surface area (Å²) in [6.45, 7) is 6.35. The first-order chi connectivity index (χ1) is 11.4. The number of phenols is 1. The fourth-order valence-corrected chi connectivity index (χ4v) is 3.19. The van der Waals surface area contributed by atoms with Crippen molar-refractivity contribution in [1.82, 2.24) is 0 Å². The molecule has 0 unspecified atom stereocenters. The monoisotopic (exact) mass is 318 g/mol. The van der Waals surface area contributed by atoms with E-state index in [2.05, 4.69) is 20.8 Å². The molecule has 120 valence electrons. The van der Waals surface area contributed by atoms with Gasteiger partial charge in [-0.25, -0.2) is 4.79 Å². The Kier molecular flexibility index (Phi) is 2.98. The maximum absolute atomic E-state index is 12.5. The van der Waals surface area contributed by atoms with E-state index in [1.54, 1.807) is 6.07 Å². The molecule has 0 spiro atoms. The third-order valence-corrected chi connectivity index (χ3v) is 4.57. The third kappa shape index (κ3) is 2.08. The van der Waals surface area contributed by atoms with Crippen LogP contribution in [0.15, 0.2) is 57.7 Å². The highest BCUT2D eigenvalue weighted by molar-refractivity contribution is 6.13. The molecule has 0 bridgehead atoms. The van der Waals surface area contributed by atoms with Gasteiger partial charge in [-0.2, -0.15) is 0 Å². The molecule has 4 aromatic rings. The highest BCUT2D eigenvalue weighted by Crippen LogP contribution is 2.36. The number of fused-ring (bicyclic) bond motifs is 4. The summed E-state index contributed by atoms with van der Waals surface area (Å²) in [4.78, 5) is 12.5. The molecule has 24 heavy (non-hydrogen) atoms. The van der Waals surface area contributed by atoms with E-state index in [0.717, 1.165) is 21.7 Å². The Labute approximate surface area is 139 Å². The van der Waals surface area contributed by atoms with Crippen LogP contribution < -0.4 is 5.63 Å². The van der Waals surface area contributed by atoms with Gasteiger partial charge in [0.1, 0.15) is 16.7 Å². The molecule has 4 rings (SSSR count). The molecular weight excluding hydrogens is 300 g/mol. The summed E-state index contributed by atoms with van der Waals surface area (Å²) in [6, 6.07) is 15.4. The summed E-state index contributed by atoms with van der Waals surface area (Å²) in [6.07, 6.45) is 0. The van der Waals surface area contributed by atoms with E-state index in [4.69, 9.17) is 4.42 Å². The quantitative estimate of drug-likeness (QED) is 0.279. The SMILES string of the molecule is CC(C)(C)c1ccc2c(c1)oc(=O)c1c(O)c3ccccc3cc12. The molecule has 0 saturated carbocycles. The Bertz CT molecular complexity index is 1160. The van der Waals surface area contributed by atoms with Crippen LogP contribution in [-0.2, 0) is 5.41 Å². The molecule has 0 aliphatic heterocycles. The summed E-state index contributed by atoms with van der Waals surface area (Å²) >= 11 is 0. The first-order valence-electron chi connectivity index (χ1n) is 7.98. The van der Waals surface area contributed by atoms with E-state index in [0.29, 0.717) is 11.0 Å². The molecule has 1 heterocycles. The molecule has 0 atom stereocenters. The van der Waals surface area contributed by atoms with Crippen LogP contribution >= 0.6 is 0 Å². The molecule has 1 N–H and O–H groups in total. The standard InChI is InChI=1S/C21H18O3/c1-21(2,3)13-8-9-15-16-10-12-6-4-5-7-14(12)19(22)18(16)20(23)24-17(15)11-13/h4-11,22H,1-3H3. The second kappa shape index (κ2) is 4.84. The largest absolute Gasteiger partial charge is 0.506 e. The number of phenolic OH excluding ortho intramolecular Hbond substituents is 1. The van der Waals surface area contributed by atoms with E-state index < -0.39 is 5.63 Å². The molecule has 0 amide bonds. The van der Waals surface area contributed by atoms with E-state index in [1.165, 1.54) is 0 Å². The number of rotatable bonds is 0. The first kappa shape index (κ1) is 14.8. The fourth-order valence-electron chi connectivity index (χ4n) is 3.19. The molecule has 1 aromatic heterocycles. The van der Waals surface area contributed by atoms with Crippen molar-refractivity contribution < 1.29 is 9.52 Å². The van der Waals surface area contributed by atoms with Crippen molar-refractivity contribution in [2.24, 2.45) is 0 Å². The van der Waals surface area contributed by atoms with Gasteiger partial charge in [0.15, 0.2) is 0 Å². The normalized spacial score (nSPS) is 12.3. The molecule has 0 fully saturated rings. The number of hydrogen-bond acceptors (Lipinski definition) is 3. The van der Waals surface area contributed by atoms with Crippen molar-refractivity contribution in [3.8, 4) is 5.75 Å². The maximum atomic E-state index is 12.5. The van der Waals surface area contributed by atoms with Crippen LogP contribution in [0.25, 0.3) is 32.5 Å². The fraction of sp³-hybridized carbons (Fsp3) is 0.190. The van der Waals surface area contributed by atoms with Crippen molar-refractivity contribution in [1.29, 1.82) is 0 Å². The van der Waals surface area contributed by atoms with E-state index in [1.807, 2.05) is 42.5 Å². The predicted molar refractivity (Wildman–Crippen MR) is 97.9 cm³/mol. The van der Waals surface area contributed by atoms with Gasteiger partial charge in [0.2, 0.25) is 0 Å². The van der Waals surface area contributed by atoms with Crippen LogP contribution in [-0.4, -0.2) is 5.11 Å². The lowest BCUT2D eigenvalue weighted by molar-refractivity contribution is 0.483. The molecule has 0 aliphatic carbocycles. The van der Waals surface area contributed by atoms with Crippen molar-refractivity contribution in [3.63, 3.8) is 0 Å². The molecule has 3 aromatic carbocycles. The van der Waals surface area contributed by atoms with Gasteiger partial charge in [-0.05, 0) is 28.5 Å². The highest BCUT2D eigenvalue weighted by Gasteiger charge is 2.18. The lowest BCUT2D eigenvalue weighted by Crippen LogP contribution is -2.11. The van der Waals surface area contributed by atoms with E-state index >= 15 is 0 Å². The molecule has 0 aliphatic rings. The summed E-state index contributed by atoms with van der Waals surface area (Å²) in [5, 5.41) is 13.9. The van der Waals surface area contributed by atoms with Gasteiger partial charge in [0, 0.05) is 16.2 Å². The molecule has 3 heteroatoms. The zero-order valence-corrected chi connectivity index (χ0v) is 13.9. The topological polar surface area (TPSA) is 50.4 Å². The Balaban J connectivity index is 2.20. The van der Waals surface area contributed by atoms with Crippen LogP contribution in [0.2, 0.25) is 0 Å². The zero-order chi connectivity index (χ0) is 17.1. The van der Waals surface area contributed by atoms with Crippen molar-refractivity contribution in [3.05, 3.63) is 64.5 Å². The van der Waals surface area contributed by atoms with E-state index in [-0.39, 0.29) is 16.6 Å². The van der Waals surface area contributed by atoms with Gasteiger partial charge in [-0.15, -0.1) is 0 Å². The summed E-state index contributed by atoms with van der Waals surface area (Å²) in [5.41, 5.74) is 1.11. The highest BCUT2D eigenvalue weighted by atomic mass is 16.4. The van der Waals surface area contributed by atoms with Crippen LogP contribution in [0.1, 0.15) is 26.3 Å². The lowest BCUT2D eigenvalue weighted by atomic mass is 9.86. The van der Waals surface area contributed by atoms with Crippen molar-refractivity contribution >= 4 is 32.5 Å². The third-order valence-electron chi connectivity index (χ3n) is 4.57. The Hall–Kier alpha value is -2.81. The molecular formula is C21H18O3. The van der Waals surface area contributed by atoms with Crippen molar-refractivity contribution in [2.75, 3.05) is 0 Å². The van der Waals surface area contributed by atoms with Gasteiger partial charge in [-0.1, -0.05) is 57.2 Å². The van der Waals surface area contributed by atoms with Gasteiger partial charge in [0.05, 0.1) is 0 Å². The average Bonchev–Trinajstić information content (AvgIpc) is 2.53. The lowest BCUT2D eigenvalue weighted by Gasteiger charge is -2.19. The predicted octanol–water partition coefficient (Wildman–Crippen LogP) is 5.10. The Morgan fingerprint density at radius 3 is 2.42 bits per heavy atom. The average molecular weight is 318 g/mol. The zero-order valence-electron chi connectivity index (χ0n) is 13.9. The minimum atomic E-state index is -0.508. The number of hydrogen-bond donors (Lipinski definition) is 1. The van der Waals surface area contributed by atoms with Gasteiger partial charge in [0.25, 0.3) is 0 Å². The molecule has 0 radical (unpaired) electrons. The maximum Gasteiger partial charge on any atom is 0.348 e. The van der Waals surface area contributed by atoms with Gasteiger partial charge in [-0.3, -0.25) is 0 Å². The Morgan fingerprint density at radius 2 is 1.67 bits per heavy atom. The summed E-state index contributed by atoms with van der Waals surface area (Å²) in [5.74, 6) is -0.0151. The summed E-state index contributed by atoms with van der Waals surface area (Å²) < 4.78 is 5.52. The number of aromatic hydroxyl groups is 1. The second-order valence-electron chi connectivity index (χ2n) is 7.22. The Morgan fingerprint density at radius 1 is 0.917 bits per heavy atom. The van der Waals surface area contributed by atoms with Crippen LogP contribution in [0.3, 0.4) is 0 Å². The minimum Gasteiger partial charge on any atom is -0.506 e. The van der Waals surface area contributed by atoms with Crippen LogP contribution in [0.5, 0.6) is 5.75 Å². The summed E-state index contributed by atoms with van der Waals surface area (Å²) in [7, 11) is 0. The van der Waals surface area contributed by atoms with Gasteiger partial charge < -0.3 is 9.52 Å². The smallest absolute Gasteiger partial charge is 0.348 e. The van der Waals surface area contributed by atoms with Crippen LogP contribution in [0, 0.1) is 0 Å². The van der Waals surface area contributed by atoms with Gasteiger partial charge >= 0.3 is 5.63 Å². The minimum absolute atomic E-state index is 0.0151.